The van der Waals surface area contributed by atoms with Gasteiger partial charge in [-0.3, -0.25) is 0 Å². The van der Waals surface area contributed by atoms with E-state index in [0.717, 1.165) is 24.8 Å². The van der Waals surface area contributed by atoms with E-state index < -0.39 is 6.10 Å². The molecular weight excluding hydrogens is 290 g/mol. The Hall–Kier alpha value is -1.94. The van der Waals surface area contributed by atoms with Crippen LogP contribution in [0.1, 0.15) is 52.4 Å². The Morgan fingerprint density at radius 3 is 2.57 bits per heavy atom. The number of hydrogen-bond donors (Lipinski definition) is 2. The van der Waals surface area contributed by atoms with Gasteiger partial charge in [0.1, 0.15) is 5.76 Å². The van der Waals surface area contributed by atoms with Crippen molar-refractivity contribution >= 4 is 0 Å². The third-order valence-corrected chi connectivity index (χ3v) is 4.36. The Morgan fingerprint density at radius 1 is 1.26 bits per heavy atom. The van der Waals surface area contributed by atoms with Crippen molar-refractivity contribution in [1.82, 2.24) is 0 Å². The lowest BCUT2D eigenvalue weighted by molar-refractivity contribution is 0.196. The summed E-state index contributed by atoms with van der Waals surface area (Å²) in [5.74, 6) is 0.209. The number of rotatable bonds is 6. The average Bonchev–Trinajstić information content (AvgIpc) is 2.52. The van der Waals surface area contributed by atoms with E-state index in [2.05, 4.69) is 5.18 Å². The molecule has 4 heteroatoms. The van der Waals surface area contributed by atoms with E-state index >= 15 is 0 Å². The average molecular weight is 315 g/mol. The van der Waals surface area contributed by atoms with Gasteiger partial charge in [-0.15, -0.1) is 4.91 Å². The van der Waals surface area contributed by atoms with Gasteiger partial charge in [0.25, 0.3) is 0 Å². The molecule has 1 atom stereocenters. The van der Waals surface area contributed by atoms with Crippen LogP contribution >= 0.6 is 0 Å². The molecule has 0 heterocycles. The summed E-state index contributed by atoms with van der Waals surface area (Å²) in [6.45, 7) is 4.01. The Labute approximate surface area is 137 Å². The molecule has 0 aromatic heterocycles. The summed E-state index contributed by atoms with van der Waals surface area (Å²) in [5.41, 5.74) is 4.84. The highest BCUT2D eigenvalue weighted by Crippen LogP contribution is 2.31. The largest absolute Gasteiger partial charge is 0.508 e. The molecule has 124 valence electrons. The van der Waals surface area contributed by atoms with Crippen LogP contribution in [0, 0.1) is 4.91 Å². The molecule has 0 saturated heterocycles. The van der Waals surface area contributed by atoms with E-state index in [1.807, 2.05) is 26.0 Å². The van der Waals surface area contributed by atoms with Crippen LogP contribution < -0.4 is 0 Å². The van der Waals surface area contributed by atoms with Crippen LogP contribution in [-0.2, 0) is 0 Å². The normalized spacial score (nSPS) is 21.3. The van der Waals surface area contributed by atoms with Gasteiger partial charge in [-0.25, -0.2) is 0 Å². The van der Waals surface area contributed by atoms with Crippen LogP contribution in [0.3, 0.4) is 0 Å². The van der Waals surface area contributed by atoms with Crippen molar-refractivity contribution in [2.24, 2.45) is 5.18 Å². The first kappa shape index (κ1) is 17.4. The number of aliphatic hydroxyl groups is 2. The van der Waals surface area contributed by atoms with Gasteiger partial charge in [0.15, 0.2) is 0 Å². The van der Waals surface area contributed by atoms with Gasteiger partial charge in [-0.1, -0.05) is 28.9 Å². The predicted octanol–water partition coefficient (Wildman–Crippen LogP) is 5.00. The molecule has 0 bridgehead atoms. The van der Waals surface area contributed by atoms with Crippen LogP contribution in [0.4, 0.5) is 0 Å². The molecule has 0 fully saturated rings. The second-order valence-corrected chi connectivity index (χ2v) is 6.49. The highest BCUT2D eigenvalue weighted by molar-refractivity contribution is 5.34. The number of nitroso groups, excluding NO2 is 1. The van der Waals surface area contributed by atoms with Crippen LogP contribution in [0.25, 0.3) is 0 Å². The highest BCUT2D eigenvalue weighted by atomic mass is 16.3. The summed E-state index contributed by atoms with van der Waals surface area (Å²) in [6.07, 6.45) is 11.4. The van der Waals surface area contributed by atoms with Gasteiger partial charge >= 0.3 is 0 Å². The summed E-state index contributed by atoms with van der Waals surface area (Å²) < 4.78 is 0. The zero-order valence-corrected chi connectivity index (χ0v) is 13.9. The molecule has 0 aromatic carbocycles. The Bertz CT molecular complexity index is 617. The molecule has 0 saturated carbocycles. The topological polar surface area (TPSA) is 69.9 Å². The monoisotopic (exact) mass is 315 g/mol. The van der Waals surface area contributed by atoms with E-state index in [0.29, 0.717) is 30.5 Å². The van der Waals surface area contributed by atoms with Crippen molar-refractivity contribution in [1.29, 1.82) is 0 Å². The van der Waals surface area contributed by atoms with Gasteiger partial charge in [0, 0.05) is 5.57 Å². The van der Waals surface area contributed by atoms with Crippen LogP contribution in [-0.4, -0.2) is 16.3 Å². The number of hydrogen-bond acceptors (Lipinski definition) is 4. The van der Waals surface area contributed by atoms with Gasteiger partial charge in [-0.2, -0.15) is 0 Å². The van der Waals surface area contributed by atoms with E-state index in [1.54, 1.807) is 12.2 Å². The third-order valence-electron chi connectivity index (χ3n) is 4.36. The SMILES string of the molecule is CC(C)=CCC1=C(O)C=C(CCC2=CC=C(N=O)CC2)CC1O. The van der Waals surface area contributed by atoms with E-state index in [9.17, 15) is 15.1 Å². The quantitative estimate of drug-likeness (QED) is 0.535. The maximum absolute atomic E-state index is 10.4. The Morgan fingerprint density at radius 2 is 2.00 bits per heavy atom. The summed E-state index contributed by atoms with van der Waals surface area (Å²) in [4.78, 5) is 10.4. The first-order chi connectivity index (χ1) is 11.0. The molecule has 2 aliphatic carbocycles. The Balaban J connectivity index is 1.98. The van der Waals surface area contributed by atoms with Gasteiger partial charge in [0.2, 0.25) is 0 Å². The minimum Gasteiger partial charge on any atom is -0.508 e. The van der Waals surface area contributed by atoms with E-state index in [-0.39, 0.29) is 5.76 Å². The van der Waals surface area contributed by atoms with Gasteiger partial charge < -0.3 is 10.2 Å². The fourth-order valence-electron chi connectivity index (χ4n) is 2.89. The van der Waals surface area contributed by atoms with Crippen molar-refractivity contribution in [3.63, 3.8) is 0 Å². The summed E-state index contributed by atoms with van der Waals surface area (Å²) in [7, 11) is 0. The van der Waals surface area contributed by atoms with E-state index in [4.69, 9.17) is 0 Å². The van der Waals surface area contributed by atoms with Crippen molar-refractivity contribution in [2.45, 2.75) is 58.5 Å². The fraction of sp³-hybridized carbons (Fsp3) is 0.474. The second kappa shape index (κ2) is 8.06. The van der Waals surface area contributed by atoms with Crippen LogP contribution in [0.5, 0.6) is 0 Å². The number of aliphatic hydroxyl groups excluding tert-OH is 2. The van der Waals surface area contributed by atoms with Gasteiger partial charge in [-0.05, 0) is 69.7 Å². The lowest BCUT2D eigenvalue weighted by Gasteiger charge is -2.22. The van der Waals surface area contributed by atoms with Crippen LogP contribution in [0.2, 0.25) is 0 Å². The Kier molecular flexibility index (Phi) is 6.11. The first-order valence-electron chi connectivity index (χ1n) is 8.14. The van der Waals surface area contributed by atoms with Crippen molar-refractivity contribution in [3.8, 4) is 0 Å². The maximum Gasteiger partial charge on any atom is 0.117 e. The minimum absolute atomic E-state index is 0.209. The molecule has 2 N–H and O–H groups in total. The molecule has 0 spiro atoms. The zero-order valence-electron chi connectivity index (χ0n) is 13.9. The highest BCUT2D eigenvalue weighted by Gasteiger charge is 2.21. The lowest BCUT2D eigenvalue weighted by atomic mass is 9.88. The number of nitrogens with zero attached hydrogens (tertiary/aromatic N) is 1. The molecule has 0 aromatic rings. The molecule has 0 aliphatic heterocycles. The molecule has 1 unspecified atom stereocenters. The molecule has 0 amide bonds. The molecule has 0 radical (unpaired) electrons. The molecule has 4 nitrogen and oxygen atoms in total. The minimum atomic E-state index is -0.600. The maximum atomic E-state index is 10.4. The predicted molar refractivity (Wildman–Crippen MR) is 92.8 cm³/mol. The smallest absolute Gasteiger partial charge is 0.117 e. The zero-order chi connectivity index (χ0) is 16.8. The van der Waals surface area contributed by atoms with E-state index in [1.165, 1.54) is 11.1 Å². The van der Waals surface area contributed by atoms with Gasteiger partial charge in [0.05, 0.1) is 11.8 Å². The summed E-state index contributed by atoms with van der Waals surface area (Å²) in [6, 6.07) is 0. The number of allylic oxidation sites excluding steroid dienone is 7. The molecule has 23 heavy (non-hydrogen) atoms. The third kappa shape index (κ3) is 5.03. The first-order valence-corrected chi connectivity index (χ1v) is 8.14. The lowest BCUT2D eigenvalue weighted by Crippen LogP contribution is -2.17. The molecule has 2 aliphatic rings. The van der Waals surface area contributed by atoms with Crippen molar-refractivity contribution in [3.05, 3.63) is 63.0 Å². The van der Waals surface area contributed by atoms with Crippen LogP contribution in [0.15, 0.2) is 63.2 Å². The molecular formula is C19H25NO3. The molecule has 2 rings (SSSR count). The summed E-state index contributed by atoms with van der Waals surface area (Å²) in [5, 5.41) is 23.4. The van der Waals surface area contributed by atoms with Crippen molar-refractivity contribution < 1.29 is 10.2 Å². The fourth-order valence-corrected chi connectivity index (χ4v) is 2.89. The summed E-state index contributed by atoms with van der Waals surface area (Å²) >= 11 is 0. The van der Waals surface area contributed by atoms with Crippen molar-refractivity contribution in [2.75, 3.05) is 0 Å². The standard InChI is InChI=1S/C19H25NO3/c1-13(2)3-10-17-18(21)11-15(12-19(17)22)5-4-14-6-8-16(20-23)9-7-14/h3,6,8,11,19,21-22H,4-5,7,9-10,12H2,1-2H3. The second-order valence-electron chi connectivity index (χ2n) is 6.49.